The maximum atomic E-state index is 13.5. The fraction of sp³-hybridized carbons (Fsp3) is 0.300. The summed E-state index contributed by atoms with van der Waals surface area (Å²) in [4.78, 5) is 4.19. The minimum Gasteiger partial charge on any atom is -0.333 e. The number of thioether (sulfide) groups is 1. The van der Waals surface area contributed by atoms with Gasteiger partial charge in [-0.3, -0.25) is 4.99 Å². The molecule has 16 heavy (non-hydrogen) atoms. The molecule has 86 valence electrons. The third kappa shape index (κ3) is 2.74. The van der Waals surface area contributed by atoms with E-state index in [1.165, 1.54) is 11.8 Å². The molecule has 0 amide bonds. The lowest BCUT2D eigenvalue weighted by Crippen LogP contribution is -2.14. The second kappa shape index (κ2) is 5.14. The van der Waals surface area contributed by atoms with E-state index in [4.69, 9.17) is 0 Å². The third-order valence-corrected chi connectivity index (χ3v) is 3.65. The van der Waals surface area contributed by atoms with Crippen LogP contribution in [0, 0.1) is 11.6 Å². The minimum absolute atomic E-state index is 0.119. The highest BCUT2D eigenvalue weighted by Crippen LogP contribution is 2.25. The number of hydrogen-bond acceptors (Lipinski definition) is 3. The number of hydrogen-bond donors (Lipinski definition) is 1. The van der Waals surface area contributed by atoms with E-state index < -0.39 is 11.6 Å². The molecule has 1 aliphatic rings. The second-order valence-electron chi connectivity index (χ2n) is 3.26. The van der Waals surface area contributed by atoms with Crippen LogP contribution in [-0.4, -0.2) is 17.5 Å². The lowest BCUT2D eigenvalue weighted by molar-refractivity contribution is 0.598. The van der Waals surface area contributed by atoms with E-state index >= 15 is 0 Å². The van der Waals surface area contributed by atoms with Gasteiger partial charge in [0.2, 0.25) is 0 Å². The Morgan fingerprint density at radius 1 is 1.31 bits per heavy atom. The Morgan fingerprint density at radius 2 is 2.12 bits per heavy atom. The maximum Gasteiger partial charge on any atom is 0.161 e. The summed E-state index contributed by atoms with van der Waals surface area (Å²) in [6.07, 6.45) is 1.02. The number of nitrogens with zero attached hydrogens (tertiary/aromatic N) is 1. The van der Waals surface area contributed by atoms with Crippen molar-refractivity contribution in [3.8, 4) is 0 Å². The minimum atomic E-state index is -0.498. The van der Waals surface area contributed by atoms with Crippen LogP contribution in [-0.2, 0) is 0 Å². The highest BCUT2D eigenvalue weighted by molar-refractivity contribution is 9.10. The zero-order valence-electron chi connectivity index (χ0n) is 8.27. The molecule has 1 heterocycles. The number of halogens is 3. The summed E-state index contributed by atoms with van der Waals surface area (Å²) < 4.78 is 26.8. The van der Waals surface area contributed by atoms with Gasteiger partial charge in [-0.25, -0.2) is 8.78 Å². The average Bonchev–Trinajstić information content (AvgIpc) is 2.27. The normalized spacial score (nSPS) is 15.8. The Hall–Kier alpha value is -0.620. The van der Waals surface area contributed by atoms with Crippen LogP contribution < -0.4 is 5.32 Å². The van der Waals surface area contributed by atoms with Gasteiger partial charge in [-0.1, -0.05) is 11.8 Å². The molecule has 6 heteroatoms. The quantitative estimate of drug-likeness (QED) is 0.801. The Labute approximate surface area is 105 Å². The SMILES string of the molecule is Fc1cc(NC2=NCCCS2)c(F)cc1Br. The van der Waals surface area contributed by atoms with Gasteiger partial charge in [0.1, 0.15) is 11.6 Å². The van der Waals surface area contributed by atoms with Gasteiger partial charge in [-0.15, -0.1) is 0 Å². The van der Waals surface area contributed by atoms with Crippen LogP contribution in [0.2, 0.25) is 0 Å². The molecular formula is C10H9BrF2N2S. The van der Waals surface area contributed by atoms with Crippen molar-refractivity contribution in [2.45, 2.75) is 6.42 Å². The molecule has 0 unspecified atom stereocenters. The second-order valence-corrected chi connectivity index (χ2v) is 5.20. The molecule has 0 saturated heterocycles. The van der Waals surface area contributed by atoms with Crippen molar-refractivity contribution < 1.29 is 8.78 Å². The number of amidine groups is 1. The van der Waals surface area contributed by atoms with E-state index in [9.17, 15) is 8.78 Å². The Kier molecular flexibility index (Phi) is 3.81. The van der Waals surface area contributed by atoms with Gasteiger partial charge in [-0.2, -0.15) is 0 Å². The first-order valence-corrected chi connectivity index (χ1v) is 6.53. The molecule has 0 aromatic heterocycles. The zero-order valence-corrected chi connectivity index (χ0v) is 10.7. The Morgan fingerprint density at radius 3 is 2.81 bits per heavy atom. The van der Waals surface area contributed by atoms with Crippen molar-refractivity contribution in [1.29, 1.82) is 0 Å². The molecule has 1 aromatic carbocycles. The van der Waals surface area contributed by atoms with Gasteiger partial charge >= 0.3 is 0 Å². The monoisotopic (exact) mass is 306 g/mol. The number of rotatable bonds is 1. The van der Waals surface area contributed by atoms with Gasteiger partial charge in [-0.05, 0) is 28.4 Å². The standard InChI is InChI=1S/C10H9BrF2N2S/c11-6-4-8(13)9(5-7(6)12)15-10-14-2-1-3-16-10/h4-5H,1-3H2,(H,14,15). The number of nitrogens with one attached hydrogen (secondary N) is 1. The first-order valence-electron chi connectivity index (χ1n) is 4.75. The van der Waals surface area contributed by atoms with Crippen LogP contribution in [0.3, 0.4) is 0 Å². The molecule has 0 aliphatic carbocycles. The summed E-state index contributed by atoms with van der Waals surface area (Å²) in [6, 6.07) is 2.23. The predicted octanol–water partition coefficient (Wildman–Crippen LogP) is 3.63. The molecule has 0 radical (unpaired) electrons. The topological polar surface area (TPSA) is 24.4 Å². The van der Waals surface area contributed by atoms with Gasteiger partial charge in [0.15, 0.2) is 5.17 Å². The van der Waals surface area contributed by atoms with E-state index in [-0.39, 0.29) is 10.2 Å². The third-order valence-electron chi connectivity index (χ3n) is 2.05. The average molecular weight is 307 g/mol. The van der Waals surface area contributed by atoms with Gasteiger partial charge in [0, 0.05) is 18.4 Å². The molecular weight excluding hydrogens is 298 g/mol. The van der Waals surface area contributed by atoms with Crippen LogP contribution >= 0.6 is 27.7 Å². The summed E-state index contributed by atoms with van der Waals surface area (Å²) in [5.41, 5.74) is 0.119. The Balaban J connectivity index is 2.20. The molecule has 2 rings (SSSR count). The van der Waals surface area contributed by atoms with Crippen LogP contribution in [0.15, 0.2) is 21.6 Å². The number of benzene rings is 1. The van der Waals surface area contributed by atoms with Crippen molar-refractivity contribution in [2.75, 3.05) is 17.6 Å². The van der Waals surface area contributed by atoms with Crippen molar-refractivity contribution in [1.82, 2.24) is 0 Å². The number of aliphatic imine (C=N–C) groups is 1. The predicted molar refractivity (Wildman–Crippen MR) is 67.1 cm³/mol. The zero-order chi connectivity index (χ0) is 11.5. The summed E-state index contributed by atoms with van der Waals surface area (Å²) in [6.45, 7) is 0.732. The lowest BCUT2D eigenvalue weighted by Gasteiger charge is -2.14. The van der Waals surface area contributed by atoms with Crippen LogP contribution in [0.5, 0.6) is 0 Å². The van der Waals surface area contributed by atoms with Crippen molar-refractivity contribution >= 4 is 38.5 Å². The van der Waals surface area contributed by atoms with Crippen molar-refractivity contribution in [2.24, 2.45) is 4.99 Å². The van der Waals surface area contributed by atoms with Gasteiger partial charge in [0.05, 0.1) is 10.2 Å². The Bertz CT molecular complexity index is 437. The smallest absolute Gasteiger partial charge is 0.161 e. The molecule has 0 bridgehead atoms. The number of anilines is 1. The summed E-state index contributed by atoms with van der Waals surface area (Å²) in [5, 5.41) is 3.44. The maximum absolute atomic E-state index is 13.5. The first kappa shape index (κ1) is 11.9. The van der Waals surface area contributed by atoms with Crippen molar-refractivity contribution in [3.63, 3.8) is 0 Å². The van der Waals surface area contributed by atoms with E-state index in [1.54, 1.807) is 0 Å². The van der Waals surface area contributed by atoms with Gasteiger partial charge in [0.25, 0.3) is 0 Å². The van der Waals surface area contributed by atoms with E-state index in [0.717, 1.165) is 30.9 Å². The van der Waals surface area contributed by atoms with E-state index in [1.807, 2.05) is 0 Å². The molecule has 0 fully saturated rings. The van der Waals surface area contributed by atoms with Crippen LogP contribution in [0.4, 0.5) is 14.5 Å². The largest absolute Gasteiger partial charge is 0.333 e. The molecule has 0 saturated carbocycles. The lowest BCUT2D eigenvalue weighted by atomic mass is 10.3. The molecule has 2 nitrogen and oxygen atoms in total. The highest BCUT2D eigenvalue weighted by Gasteiger charge is 2.11. The molecule has 1 N–H and O–H groups in total. The fourth-order valence-electron chi connectivity index (χ4n) is 1.27. The van der Waals surface area contributed by atoms with E-state index in [2.05, 4.69) is 26.2 Å². The van der Waals surface area contributed by atoms with Gasteiger partial charge < -0.3 is 5.32 Å². The molecule has 1 aromatic rings. The summed E-state index contributed by atoms with van der Waals surface area (Å²) >= 11 is 4.44. The van der Waals surface area contributed by atoms with E-state index in [0.29, 0.717) is 5.17 Å². The summed E-state index contributed by atoms with van der Waals surface area (Å²) in [5.74, 6) is -0.0422. The fourth-order valence-corrected chi connectivity index (χ4v) is 2.42. The first-order chi connectivity index (χ1) is 7.66. The highest BCUT2D eigenvalue weighted by atomic mass is 79.9. The summed E-state index contributed by atoms with van der Waals surface area (Å²) in [7, 11) is 0. The molecule has 0 spiro atoms. The van der Waals surface area contributed by atoms with Crippen molar-refractivity contribution in [3.05, 3.63) is 28.2 Å². The van der Waals surface area contributed by atoms with Crippen LogP contribution in [0.1, 0.15) is 6.42 Å². The molecule has 1 aliphatic heterocycles. The van der Waals surface area contributed by atoms with Crippen LogP contribution in [0.25, 0.3) is 0 Å². The molecule has 0 atom stereocenters.